The number of methoxy groups -OCH3 is 1. The minimum absolute atomic E-state index is 0.148. The first kappa shape index (κ1) is 26.6. The SMILES string of the molecule is C=CC(=O)N1CC(Oc2cc3c(Nc4ccc(Oc5ccn(-c6cc(C)ncn6)n5)cc4F)ncnc3cc2OC)C1. The Kier molecular flexibility index (Phi) is 7.05. The summed E-state index contributed by atoms with van der Waals surface area (Å²) in [6, 6.07) is 11.3. The van der Waals surface area contributed by atoms with Crippen LogP contribution in [0.4, 0.5) is 15.9 Å². The van der Waals surface area contributed by atoms with Crippen molar-refractivity contribution in [2.24, 2.45) is 0 Å². The number of amides is 1. The summed E-state index contributed by atoms with van der Waals surface area (Å²) in [5.41, 5.74) is 1.55. The molecule has 6 rings (SSSR count). The first-order valence-electron chi connectivity index (χ1n) is 12.9. The van der Waals surface area contributed by atoms with E-state index in [1.54, 1.807) is 52.2 Å². The molecule has 4 heterocycles. The molecule has 0 unspecified atom stereocenters. The van der Waals surface area contributed by atoms with E-state index in [2.05, 4.69) is 36.9 Å². The minimum atomic E-state index is -0.559. The number of anilines is 2. The van der Waals surface area contributed by atoms with Crippen LogP contribution in [0.2, 0.25) is 0 Å². The summed E-state index contributed by atoms with van der Waals surface area (Å²) in [5.74, 6) is 1.73. The van der Waals surface area contributed by atoms with Crippen molar-refractivity contribution in [2.45, 2.75) is 13.0 Å². The lowest BCUT2D eigenvalue weighted by atomic mass is 10.1. The van der Waals surface area contributed by atoms with Gasteiger partial charge in [0.2, 0.25) is 11.8 Å². The molecule has 1 amide bonds. The van der Waals surface area contributed by atoms with Crippen LogP contribution in [0.5, 0.6) is 23.1 Å². The van der Waals surface area contributed by atoms with Gasteiger partial charge in [-0.1, -0.05) is 6.58 Å². The van der Waals surface area contributed by atoms with Gasteiger partial charge >= 0.3 is 0 Å². The largest absolute Gasteiger partial charge is 0.493 e. The van der Waals surface area contributed by atoms with E-state index in [1.165, 1.54) is 31.9 Å². The van der Waals surface area contributed by atoms with Crippen LogP contribution in [0, 0.1) is 12.7 Å². The fourth-order valence-corrected chi connectivity index (χ4v) is 4.38. The third-order valence-electron chi connectivity index (χ3n) is 6.55. The molecule has 13 heteroatoms. The van der Waals surface area contributed by atoms with Gasteiger partial charge in [0.15, 0.2) is 17.3 Å². The van der Waals surface area contributed by atoms with Crippen molar-refractivity contribution in [3.05, 3.63) is 85.5 Å². The highest BCUT2D eigenvalue weighted by atomic mass is 19.1. The molecule has 1 fully saturated rings. The van der Waals surface area contributed by atoms with E-state index in [1.807, 2.05) is 6.92 Å². The van der Waals surface area contributed by atoms with E-state index in [-0.39, 0.29) is 29.3 Å². The molecule has 212 valence electrons. The molecule has 1 aliphatic rings. The number of benzene rings is 2. The second kappa shape index (κ2) is 11.1. The zero-order valence-corrected chi connectivity index (χ0v) is 22.7. The molecule has 42 heavy (non-hydrogen) atoms. The van der Waals surface area contributed by atoms with Crippen LogP contribution in [-0.2, 0) is 4.79 Å². The Labute approximate surface area is 239 Å². The Morgan fingerprint density at radius 2 is 1.90 bits per heavy atom. The molecule has 0 bridgehead atoms. The number of ether oxygens (including phenoxy) is 3. The number of nitrogens with one attached hydrogen (secondary N) is 1. The van der Waals surface area contributed by atoms with Gasteiger partial charge in [-0.3, -0.25) is 4.79 Å². The van der Waals surface area contributed by atoms with Crippen LogP contribution >= 0.6 is 0 Å². The number of rotatable bonds is 9. The molecule has 5 aromatic rings. The Bertz CT molecular complexity index is 1800. The molecule has 3 aromatic heterocycles. The minimum Gasteiger partial charge on any atom is -0.493 e. The van der Waals surface area contributed by atoms with Gasteiger partial charge in [-0.05, 0) is 31.2 Å². The zero-order chi connectivity index (χ0) is 29.2. The number of likely N-dealkylation sites (tertiary alicyclic amines) is 1. The fourth-order valence-electron chi connectivity index (χ4n) is 4.38. The normalized spacial score (nSPS) is 13.0. The van der Waals surface area contributed by atoms with E-state index in [0.29, 0.717) is 47.1 Å². The fraction of sp³-hybridized carbons (Fsp3) is 0.172. The van der Waals surface area contributed by atoms with Gasteiger partial charge in [-0.15, -0.1) is 5.10 Å². The molecule has 1 saturated heterocycles. The van der Waals surface area contributed by atoms with Gasteiger partial charge in [-0.25, -0.2) is 29.0 Å². The number of halogens is 1. The molecule has 1 aliphatic heterocycles. The van der Waals surface area contributed by atoms with E-state index in [4.69, 9.17) is 14.2 Å². The molecule has 0 saturated carbocycles. The molecular formula is C29H25FN8O4. The lowest BCUT2D eigenvalue weighted by Crippen LogP contribution is -2.55. The Morgan fingerprint density at radius 3 is 2.67 bits per heavy atom. The van der Waals surface area contributed by atoms with Crippen molar-refractivity contribution in [1.29, 1.82) is 0 Å². The summed E-state index contributed by atoms with van der Waals surface area (Å²) in [7, 11) is 1.53. The Balaban J connectivity index is 1.19. The summed E-state index contributed by atoms with van der Waals surface area (Å²) in [4.78, 5) is 30.3. The van der Waals surface area contributed by atoms with Crippen molar-refractivity contribution in [3.63, 3.8) is 0 Å². The lowest BCUT2D eigenvalue weighted by molar-refractivity contribution is -0.134. The topological polar surface area (TPSA) is 129 Å². The summed E-state index contributed by atoms with van der Waals surface area (Å²) < 4.78 is 34.1. The number of carbonyl (C=O) groups is 1. The monoisotopic (exact) mass is 568 g/mol. The number of aromatic nitrogens is 6. The van der Waals surface area contributed by atoms with Crippen LogP contribution in [0.15, 0.2) is 74.0 Å². The maximum Gasteiger partial charge on any atom is 0.246 e. The van der Waals surface area contributed by atoms with Crippen molar-refractivity contribution in [2.75, 3.05) is 25.5 Å². The summed E-state index contributed by atoms with van der Waals surface area (Å²) in [6.45, 7) is 6.23. The van der Waals surface area contributed by atoms with Gasteiger partial charge in [-0.2, -0.15) is 0 Å². The van der Waals surface area contributed by atoms with Crippen LogP contribution in [0.1, 0.15) is 5.69 Å². The number of aryl methyl sites for hydroxylation is 1. The maximum atomic E-state index is 15.2. The Morgan fingerprint density at radius 1 is 1.07 bits per heavy atom. The molecular weight excluding hydrogens is 543 g/mol. The number of nitrogens with zero attached hydrogens (tertiary/aromatic N) is 7. The van der Waals surface area contributed by atoms with E-state index in [0.717, 1.165) is 5.69 Å². The molecule has 0 atom stereocenters. The number of hydrogen-bond donors (Lipinski definition) is 1. The van der Waals surface area contributed by atoms with E-state index in [9.17, 15) is 4.79 Å². The van der Waals surface area contributed by atoms with Crippen LogP contribution in [-0.4, -0.2) is 66.8 Å². The van der Waals surface area contributed by atoms with E-state index < -0.39 is 5.82 Å². The van der Waals surface area contributed by atoms with Crippen molar-refractivity contribution in [3.8, 4) is 28.9 Å². The predicted octanol–water partition coefficient (Wildman–Crippen LogP) is 4.37. The highest BCUT2D eigenvalue weighted by Crippen LogP contribution is 2.36. The third-order valence-corrected chi connectivity index (χ3v) is 6.55. The van der Waals surface area contributed by atoms with Gasteiger partial charge < -0.3 is 24.4 Å². The van der Waals surface area contributed by atoms with Gasteiger partial charge in [0.1, 0.15) is 36.1 Å². The van der Waals surface area contributed by atoms with E-state index >= 15 is 4.39 Å². The average molecular weight is 569 g/mol. The Hall–Kier alpha value is -5.59. The van der Waals surface area contributed by atoms with Crippen molar-refractivity contribution in [1.82, 2.24) is 34.6 Å². The lowest BCUT2D eigenvalue weighted by Gasteiger charge is -2.38. The second-order valence-electron chi connectivity index (χ2n) is 9.41. The standard InChI is InChI=1S/C29H25FN8O4/c1-4-28(39)37-13-19(14-37)41-25-11-20-23(12-24(25)40-3)32-16-34-29(20)35-22-6-5-18(10-21(22)30)42-27-7-8-38(36-27)26-9-17(2)31-15-33-26/h4-12,15-16,19H,1,13-14H2,2-3H3,(H,32,34,35). The molecule has 0 aliphatic carbocycles. The first-order chi connectivity index (χ1) is 20.4. The molecule has 0 spiro atoms. The smallest absolute Gasteiger partial charge is 0.246 e. The van der Waals surface area contributed by atoms with Crippen LogP contribution in [0.3, 0.4) is 0 Å². The summed E-state index contributed by atoms with van der Waals surface area (Å²) in [5, 5.41) is 7.98. The van der Waals surface area contributed by atoms with Gasteiger partial charge in [0.25, 0.3) is 0 Å². The van der Waals surface area contributed by atoms with Gasteiger partial charge in [0, 0.05) is 41.5 Å². The third kappa shape index (κ3) is 5.39. The number of carbonyl (C=O) groups excluding carboxylic acids is 1. The second-order valence-corrected chi connectivity index (χ2v) is 9.41. The van der Waals surface area contributed by atoms with Crippen molar-refractivity contribution >= 4 is 28.3 Å². The average Bonchev–Trinajstić information content (AvgIpc) is 3.44. The van der Waals surface area contributed by atoms with Crippen molar-refractivity contribution < 1.29 is 23.4 Å². The highest BCUT2D eigenvalue weighted by molar-refractivity contribution is 5.93. The maximum absolute atomic E-state index is 15.2. The first-order valence-corrected chi connectivity index (χ1v) is 12.9. The zero-order valence-electron chi connectivity index (χ0n) is 22.7. The van der Waals surface area contributed by atoms with Crippen LogP contribution in [0.25, 0.3) is 16.7 Å². The molecule has 12 nitrogen and oxygen atoms in total. The molecule has 0 radical (unpaired) electrons. The van der Waals surface area contributed by atoms with Gasteiger partial charge in [0.05, 0.1) is 31.4 Å². The highest BCUT2D eigenvalue weighted by Gasteiger charge is 2.31. The molecule has 2 aromatic carbocycles. The molecule has 1 N–H and O–H groups in total. The predicted molar refractivity (Wildman–Crippen MR) is 151 cm³/mol. The quantitative estimate of drug-likeness (QED) is 0.256. The summed E-state index contributed by atoms with van der Waals surface area (Å²) >= 11 is 0. The van der Waals surface area contributed by atoms with Crippen LogP contribution < -0.4 is 19.5 Å². The number of hydrogen-bond acceptors (Lipinski definition) is 10. The summed E-state index contributed by atoms with van der Waals surface area (Å²) in [6.07, 6.45) is 5.59. The number of fused-ring (bicyclic) bond motifs is 1.